The summed E-state index contributed by atoms with van der Waals surface area (Å²) in [7, 11) is 0. The van der Waals surface area contributed by atoms with E-state index in [9.17, 15) is 4.39 Å². The molecule has 1 aromatic carbocycles. The zero-order valence-corrected chi connectivity index (χ0v) is 16.0. The number of nitrogens with zero attached hydrogens (tertiary/aromatic N) is 1. The molecular formula is C21H30FN3O2. The Morgan fingerprint density at radius 1 is 1.22 bits per heavy atom. The minimum atomic E-state index is -0.198. The van der Waals surface area contributed by atoms with Crippen molar-refractivity contribution in [3.63, 3.8) is 0 Å². The van der Waals surface area contributed by atoms with Crippen LogP contribution in [0.3, 0.4) is 0 Å². The number of aliphatic imine (C=N–C) groups is 1. The van der Waals surface area contributed by atoms with Crippen LogP contribution in [0.5, 0.6) is 0 Å². The summed E-state index contributed by atoms with van der Waals surface area (Å²) in [4.78, 5) is 4.94. The van der Waals surface area contributed by atoms with Gasteiger partial charge in [0.2, 0.25) is 0 Å². The second-order valence-electron chi connectivity index (χ2n) is 7.96. The molecule has 27 heavy (non-hydrogen) atoms. The first kappa shape index (κ1) is 18.7. The van der Waals surface area contributed by atoms with E-state index in [0.717, 1.165) is 57.0 Å². The normalized spacial score (nSPS) is 29.7. The third kappa shape index (κ3) is 4.11. The fourth-order valence-electron chi connectivity index (χ4n) is 4.62. The molecule has 6 heteroatoms. The molecule has 0 aliphatic carbocycles. The summed E-state index contributed by atoms with van der Waals surface area (Å²) in [5.74, 6) is 0.655. The molecule has 3 unspecified atom stereocenters. The summed E-state index contributed by atoms with van der Waals surface area (Å²) >= 11 is 0. The molecule has 3 fully saturated rings. The van der Waals surface area contributed by atoms with Crippen LogP contribution in [0.1, 0.15) is 44.6 Å². The SMILES string of the molecule is CCNC(=NCC1(c2ccc(F)cc2)CCOCC1)NC1CC2CCC1O2. The predicted octanol–water partition coefficient (Wildman–Crippen LogP) is 2.75. The van der Waals surface area contributed by atoms with Crippen molar-refractivity contribution in [3.8, 4) is 0 Å². The van der Waals surface area contributed by atoms with Gasteiger partial charge >= 0.3 is 0 Å². The Labute approximate surface area is 160 Å². The lowest BCUT2D eigenvalue weighted by Gasteiger charge is -2.37. The van der Waals surface area contributed by atoms with Gasteiger partial charge in [-0.1, -0.05) is 12.1 Å². The molecule has 0 aromatic heterocycles. The number of hydrogen-bond donors (Lipinski definition) is 2. The largest absolute Gasteiger partial charge is 0.381 e. The van der Waals surface area contributed by atoms with Gasteiger partial charge in [-0.05, 0) is 56.7 Å². The number of fused-ring (bicyclic) bond motifs is 2. The van der Waals surface area contributed by atoms with Crippen LogP contribution in [-0.2, 0) is 14.9 Å². The standard InChI is InChI=1S/C21H30FN3O2/c1-2-23-20(25-18-13-17-7-8-19(18)27-17)24-14-21(9-11-26-12-10-21)15-3-5-16(22)6-4-15/h3-6,17-19H,2,7-14H2,1H3,(H2,23,24,25). The van der Waals surface area contributed by atoms with Crippen molar-refractivity contribution in [1.82, 2.24) is 10.6 Å². The number of guanidine groups is 1. The highest BCUT2D eigenvalue weighted by molar-refractivity contribution is 5.80. The maximum absolute atomic E-state index is 13.4. The average Bonchev–Trinajstić information content (AvgIpc) is 3.31. The van der Waals surface area contributed by atoms with Crippen molar-refractivity contribution < 1.29 is 13.9 Å². The number of nitrogens with one attached hydrogen (secondary N) is 2. The fourth-order valence-corrected chi connectivity index (χ4v) is 4.62. The van der Waals surface area contributed by atoms with Gasteiger partial charge in [0.1, 0.15) is 5.82 Å². The lowest BCUT2D eigenvalue weighted by atomic mass is 9.74. The van der Waals surface area contributed by atoms with Crippen LogP contribution in [0.15, 0.2) is 29.3 Å². The second-order valence-corrected chi connectivity index (χ2v) is 7.96. The van der Waals surface area contributed by atoms with E-state index in [0.29, 0.717) is 24.8 Å². The molecule has 3 heterocycles. The molecule has 148 valence electrons. The summed E-state index contributed by atoms with van der Waals surface area (Å²) in [6.45, 7) is 5.01. The Morgan fingerprint density at radius 2 is 2.00 bits per heavy atom. The smallest absolute Gasteiger partial charge is 0.191 e. The third-order valence-corrected chi connectivity index (χ3v) is 6.22. The summed E-state index contributed by atoms with van der Waals surface area (Å²) in [5.41, 5.74) is 1.05. The van der Waals surface area contributed by atoms with Gasteiger partial charge in [-0.2, -0.15) is 0 Å². The molecule has 4 rings (SSSR count). The predicted molar refractivity (Wildman–Crippen MR) is 104 cm³/mol. The fraction of sp³-hybridized carbons (Fsp3) is 0.667. The molecule has 0 saturated carbocycles. The maximum atomic E-state index is 13.4. The minimum absolute atomic E-state index is 0.0977. The Hall–Kier alpha value is -1.66. The Morgan fingerprint density at radius 3 is 2.63 bits per heavy atom. The van der Waals surface area contributed by atoms with Gasteiger partial charge in [-0.25, -0.2) is 4.39 Å². The van der Waals surface area contributed by atoms with E-state index >= 15 is 0 Å². The van der Waals surface area contributed by atoms with Crippen LogP contribution >= 0.6 is 0 Å². The molecule has 1 aromatic rings. The highest BCUT2D eigenvalue weighted by atomic mass is 19.1. The molecule has 3 atom stereocenters. The summed E-state index contributed by atoms with van der Waals surface area (Å²) < 4.78 is 25.0. The molecule has 0 radical (unpaired) electrons. The molecule has 3 aliphatic heterocycles. The van der Waals surface area contributed by atoms with Gasteiger partial charge in [-0.3, -0.25) is 4.99 Å². The number of rotatable bonds is 5. The van der Waals surface area contributed by atoms with Gasteiger partial charge < -0.3 is 20.1 Å². The first-order chi connectivity index (χ1) is 13.2. The van der Waals surface area contributed by atoms with Crippen LogP contribution in [0.2, 0.25) is 0 Å². The lowest BCUT2D eigenvalue weighted by molar-refractivity contribution is 0.0530. The Bertz CT molecular complexity index is 658. The first-order valence-electron chi connectivity index (χ1n) is 10.2. The minimum Gasteiger partial charge on any atom is -0.381 e. The monoisotopic (exact) mass is 375 g/mol. The van der Waals surface area contributed by atoms with Crippen LogP contribution in [0.4, 0.5) is 4.39 Å². The van der Waals surface area contributed by atoms with Gasteiger partial charge in [0, 0.05) is 25.2 Å². The Kier molecular flexibility index (Phi) is 5.64. The summed E-state index contributed by atoms with van der Waals surface area (Å²) in [6.07, 6.45) is 5.91. The zero-order chi connectivity index (χ0) is 18.7. The Balaban J connectivity index is 1.50. The van der Waals surface area contributed by atoms with Crippen molar-refractivity contribution in [1.29, 1.82) is 0 Å². The van der Waals surface area contributed by atoms with E-state index in [-0.39, 0.29) is 11.2 Å². The molecule has 0 spiro atoms. The van der Waals surface area contributed by atoms with Crippen molar-refractivity contribution in [3.05, 3.63) is 35.6 Å². The van der Waals surface area contributed by atoms with Crippen LogP contribution in [0, 0.1) is 5.82 Å². The van der Waals surface area contributed by atoms with Crippen LogP contribution in [0.25, 0.3) is 0 Å². The van der Waals surface area contributed by atoms with E-state index in [1.807, 2.05) is 12.1 Å². The maximum Gasteiger partial charge on any atom is 0.191 e. The van der Waals surface area contributed by atoms with Gasteiger partial charge in [0.05, 0.1) is 24.8 Å². The van der Waals surface area contributed by atoms with Gasteiger partial charge in [0.25, 0.3) is 0 Å². The second kappa shape index (κ2) is 8.15. The summed E-state index contributed by atoms with van der Waals surface area (Å²) in [6, 6.07) is 7.25. The van der Waals surface area contributed by atoms with E-state index in [2.05, 4.69) is 17.6 Å². The number of hydrogen-bond acceptors (Lipinski definition) is 3. The van der Waals surface area contributed by atoms with Crippen LogP contribution in [-0.4, -0.2) is 50.5 Å². The van der Waals surface area contributed by atoms with E-state index < -0.39 is 0 Å². The zero-order valence-electron chi connectivity index (χ0n) is 16.0. The first-order valence-corrected chi connectivity index (χ1v) is 10.2. The van der Waals surface area contributed by atoms with Crippen molar-refractivity contribution >= 4 is 5.96 Å². The quantitative estimate of drug-likeness (QED) is 0.614. The molecule has 0 amide bonds. The number of benzene rings is 1. The number of ether oxygens (including phenoxy) is 2. The van der Waals surface area contributed by atoms with Crippen molar-refractivity contribution in [2.24, 2.45) is 4.99 Å². The molecule has 2 N–H and O–H groups in total. The van der Waals surface area contributed by atoms with E-state index in [4.69, 9.17) is 14.5 Å². The average molecular weight is 375 g/mol. The topological polar surface area (TPSA) is 54.9 Å². The van der Waals surface area contributed by atoms with E-state index in [1.165, 1.54) is 6.42 Å². The molecule has 3 aliphatic rings. The van der Waals surface area contributed by atoms with Crippen molar-refractivity contribution in [2.75, 3.05) is 26.3 Å². The molecule has 3 saturated heterocycles. The van der Waals surface area contributed by atoms with E-state index in [1.54, 1.807) is 12.1 Å². The van der Waals surface area contributed by atoms with Crippen LogP contribution < -0.4 is 10.6 Å². The third-order valence-electron chi connectivity index (χ3n) is 6.22. The highest BCUT2D eigenvalue weighted by Crippen LogP contribution is 2.36. The molecule has 5 nitrogen and oxygen atoms in total. The van der Waals surface area contributed by atoms with Gasteiger partial charge in [-0.15, -0.1) is 0 Å². The molecule has 2 bridgehead atoms. The number of halogens is 1. The highest BCUT2D eigenvalue weighted by Gasteiger charge is 2.41. The summed E-state index contributed by atoms with van der Waals surface area (Å²) in [5, 5.41) is 6.97. The molecular weight excluding hydrogens is 345 g/mol. The lowest BCUT2D eigenvalue weighted by Crippen LogP contribution is -2.48. The van der Waals surface area contributed by atoms with Crippen molar-refractivity contribution in [2.45, 2.75) is 62.7 Å². The van der Waals surface area contributed by atoms with Gasteiger partial charge in [0.15, 0.2) is 5.96 Å².